The molecule has 2 rings (SSSR count). The molecular weight excluding hydrogens is 335 g/mol. The van der Waals surface area contributed by atoms with Gasteiger partial charge >= 0.3 is 0 Å². The minimum Gasteiger partial charge on any atom is -0.370 e. The minimum atomic E-state index is -0.482. The zero-order valence-corrected chi connectivity index (χ0v) is 13.4. The molecule has 0 saturated heterocycles. The number of carbonyl (C=O) groups is 1. The lowest BCUT2D eigenvalue weighted by atomic mass is 9.99. The first-order valence-corrected chi connectivity index (χ1v) is 7.29. The Morgan fingerprint density at radius 2 is 2.04 bits per heavy atom. The number of nitrogens with one attached hydrogen (secondary N) is 2. The summed E-state index contributed by atoms with van der Waals surface area (Å²) in [6, 6.07) is 12.4. The largest absolute Gasteiger partial charge is 0.370 e. The van der Waals surface area contributed by atoms with E-state index in [1.165, 1.54) is 0 Å². The van der Waals surface area contributed by atoms with Crippen molar-refractivity contribution in [2.75, 3.05) is 0 Å². The van der Waals surface area contributed by atoms with Crippen LogP contribution >= 0.6 is 23.2 Å². The molecule has 7 heteroatoms. The number of guanidine groups is 1. The van der Waals surface area contributed by atoms with Crippen LogP contribution in [0.3, 0.4) is 0 Å². The van der Waals surface area contributed by atoms with E-state index in [2.05, 4.69) is 11.4 Å². The standard InChI is InChI=1S/C16H12Cl2N4O/c17-13-5-4-11(10-3-1-2-9(6-10)8-19)15(18)12(13)7-14(23)22-16(20)21/h1-6H,7H2,(H4,20,21,22,23). The van der Waals surface area contributed by atoms with Crippen molar-refractivity contribution in [2.24, 2.45) is 5.73 Å². The second-order valence-corrected chi connectivity index (χ2v) is 5.50. The molecule has 0 bridgehead atoms. The molecule has 0 radical (unpaired) electrons. The average molecular weight is 347 g/mol. The van der Waals surface area contributed by atoms with E-state index >= 15 is 0 Å². The molecule has 0 spiro atoms. The van der Waals surface area contributed by atoms with Crippen molar-refractivity contribution in [3.05, 3.63) is 57.6 Å². The molecule has 0 fully saturated rings. The van der Waals surface area contributed by atoms with E-state index in [4.69, 9.17) is 39.6 Å². The number of nitrogens with two attached hydrogens (primary N) is 1. The monoisotopic (exact) mass is 346 g/mol. The Hall–Kier alpha value is -2.55. The third-order valence-electron chi connectivity index (χ3n) is 3.10. The number of amides is 1. The van der Waals surface area contributed by atoms with E-state index < -0.39 is 11.9 Å². The molecule has 1 amide bonds. The van der Waals surface area contributed by atoms with Crippen molar-refractivity contribution in [1.29, 1.82) is 10.7 Å². The molecule has 4 N–H and O–H groups in total. The Morgan fingerprint density at radius 1 is 1.30 bits per heavy atom. The molecule has 0 unspecified atom stereocenters. The van der Waals surface area contributed by atoms with E-state index in [0.29, 0.717) is 26.7 Å². The van der Waals surface area contributed by atoms with Crippen LogP contribution in [0.1, 0.15) is 11.1 Å². The maximum absolute atomic E-state index is 11.8. The first kappa shape index (κ1) is 16.8. The normalized spacial score (nSPS) is 9.96. The summed E-state index contributed by atoms with van der Waals surface area (Å²) in [6.45, 7) is 0. The fraction of sp³-hybridized carbons (Fsp3) is 0.0625. The SMILES string of the molecule is N#Cc1cccc(-c2ccc(Cl)c(CC(=O)NC(=N)N)c2Cl)c1. The second kappa shape index (κ2) is 7.14. The predicted molar refractivity (Wildman–Crippen MR) is 90.4 cm³/mol. The van der Waals surface area contributed by atoms with E-state index in [9.17, 15) is 4.79 Å². The Morgan fingerprint density at radius 3 is 2.70 bits per heavy atom. The molecule has 0 aliphatic rings. The van der Waals surface area contributed by atoms with Crippen LogP contribution in [0, 0.1) is 16.7 Å². The van der Waals surface area contributed by atoms with Crippen LogP contribution in [-0.4, -0.2) is 11.9 Å². The highest BCUT2D eigenvalue weighted by Crippen LogP contribution is 2.35. The van der Waals surface area contributed by atoms with Crippen molar-refractivity contribution < 1.29 is 4.79 Å². The van der Waals surface area contributed by atoms with Gasteiger partial charge in [0.15, 0.2) is 5.96 Å². The summed E-state index contributed by atoms with van der Waals surface area (Å²) in [5.74, 6) is -0.927. The lowest BCUT2D eigenvalue weighted by Crippen LogP contribution is -2.36. The van der Waals surface area contributed by atoms with Crippen LogP contribution in [0.15, 0.2) is 36.4 Å². The molecule has 0 aromatic heterocycles. The highest BCUT2D eigenvalue weighted by Gasteiger charge is 2.16. The molecular formula is C16H12Cl2N4O. The van der Waals surface area contributed by atoms with Crippen LogP contribution in [-0.2, 0) is 11.2 Å². The average Bonchev–Trinajstić information content (AvgIpc) is 2.51. The van der Waals surface area contributed by atoms with Crippen molar-refractivity contribution in [3.63, 3.8) is 0 Å². The molecule has 116 valence electrons. The van der Waals surface area contributed by atoms with Gasteiger partial charge in [0.25, 0.3) is 0 Å². The lowest BCUT2D eigenvalue weighted by molar-refractivity contribution is -0.119. The fourth-order valence-corrected chi connectivity index (χ4v) is 2.71. The number of hydrogen-bond acceptors (Lipinski definition) is 3. The van der Waals surface area contributed by atoms with Crippen molar-refractivity contribution in [3.8, 4) is 17.2 Å². The third kappa shape index (κ3) is 4.01. The number of nitriles is 1. The molecule has 23 heavy (non-hydrogen) atoms. The van der Waals surface area contributed by atoms with E-state index in [1.807, 2.05) is 6.07 Å². The summed E-state index contributed by atoms with van der Waals surface area (Å²) in [5, 5.41) is 18.9. The predicted octanol–water partition coefficient (Wildman–Crippen LogP) is 3.08. The van der Waals surface area contributed by atoms with Gasteiger partial charge in [0, 0.05) is 10.6 Å². The van der Waals surface area contributed by atoms with Gasteiger partial charge in [0.05, 0.1) is 23.1 Å². The molecule has 0 atom stereocenters. The summed E-state index contributed by atoms with van der Waals surface area (Å²) in [5.41, 5.74) is 7.49. The van der Waals surface area contributed by atoms with Gasteiger partial charge in [-0.1, -0.05) is 41.4 Å². The maximum atomic E-state index is 11.8. The summed E-state index contributed by atoms with van der Waals surface area (Å²) < 4.78 is 0. The molecule has 5 nitrogen and oxygen atoms in total. The maximum Gasteiger partial charge on any atom is 0.231 e. The third-order valence-corrected chi connectivity index (χ3v) is 3.89. The quantitative estimate of drug-likeness (QED) is 0.587. The Bertz CT molecular complexity index is 827. The van der Waals surface area contributed by atoms with Gasteiger partial charge in [-0.15, -0.1) is 0 Å². The van der Waals surface area contributed by atoms with Gasteiger partial charge in [0.2, 0.25) is 5.91 Å². The number of carbonyl (C=O) groups excluding carboxylic acids is 1. The van der Waals surface area contributed by atoms with Crippen molar-refractivity contribution >= 4 is 35.1 Å². The van der Waals surface area contributed by atoms with Crippen LogP contribution in [0.2, 0.25) is 10.0 Å². The molecule has 2 aromatic rings. The zero-order chi connectivity index (χ0) is 17.0. The molecule has 0 heterocycles. The van der Waals surface area contributed by atoms with Gasteiger partial charge in [0.1, 0.15) is 0 Å². The van der Waals surface area contributed by atoms with Gasteiger partial charge in [-0.25, -0.2) is 0 Å². The van der Waals surface area contributed by atoms with Crippen molar-refractivity contribution in [1.82, 2.24) is 5.32 Å². The summed E-state index contributed by atoms with van der Waals surface area (Å²) >= 11 is 12.5. The number of hydrogen-bond donors (Lipinski definition) is 3. The number of nitrogens with zero attached hydrogens (tertiary/aromatic N) is 1. The Balaban J connectivity index is 2.44. The molecule has 2 aromatic carbocycles. The number of halogens is 2. The van der Waals surface area contributed by atoms with Crippen LogP contribution in [0.5, 0.6) is 0 Å². The van der Waals surface area contributed by atoms with Crippen LogP contribution < -0.4 is 11.1 Å². The highest BCUT2D eigenvalue weighted by atomic mass is 35.5. The van der Waals surface area contributed by atoms with E-state index in [1.54, 1.807) is 30.3 Å². The first-order valence-electron chi connectivity index (χ1n) is 6.53. The summed E-state index contributed by atoms with van der Waals surface area (Å²) in [6.07, 6.45) is -0.108. The molecule has 0 aliphatic carbocycles. The lowest BCUT2D eigenvalue weighted by Gasteiger charge is -2.12. The second-order valence-electron chi connectivity index (χ2n) is 4.72. The first-order chi connectivity index (χ1) is 10.9. The summed E-state index contributed by atoms with van der Waals surface area (Å²) in [7, 11) is 0. The Labute approximate surface area is 143 Å². The Kier molecular flexibility index (Phi) is 5.22. The van der Waals surface area contributed by atoms with E-state index in [0.717, 1.165) is 5.56 Å². The highest BCUT2D eigenvalue weighted by molar-refractivity contribution is 6.38. The van der Waals surface area contributed by atoms with Gasteiger partial charge in [-0.2, -0.15) is 5.26 Å². The topological polar surface area (TPSA) is 103 Å². The smallest absolute Gasteiger partial charge is 0.231 e. The van der Waals surface area contributed by atoms with Gasteiger partial charge in [-0.3, -0.25) is 15.5 Å². The van der Waals surface area contributed by atoms with Crippen molar-refractivity contribution in [2.45, 2.75) is 6.42 Å². The van der Waals surface area contributed by atoms with Crippen LogP contribution in [0.25, 0.3) is 11.1 Å². The van der Waals surface area contributed by atoms with E-state index in [-0.39, 0.29) is 6.42 Å². The van der Waals surface area contributed by atoms with Crippen LogP contribution in [0.4, 0.5) is 0 Å². The van der Waals surface area contributed by atoms with Gasteiger partial charge in [-0.05, 0) is 29.3 Å². The zero-order valence-electron chi connectivity index (χ0n) is 11.9. The van der Waals surface area contributed by atoms with Gasteiger partial charge < -0.3 is 5.73 Å². The number of rotatable bonds is 3. The number of benzene rings is 2. The minimum absolute atomic E-state index is 0.108. The summed E-state index contributed by atoms with van der Waals surface area (Å²) in [4.78, 5) is 11.8. The fourth-order valence-electron chi connectivity index (χ4n) is 2.09. The molecule has 0 aliphatic heterocycles. The molecule has 0 saturated carbocycles.